The summed E-state index contributed by atoms with van der Waals surface area (Å²) in [6.45, 7) is 4.67. The molecular formula is C18H19N3O2S. The van der Waals surface area contributed by atoms with E-state index in [1.54, 1.807) is 0 Å². The normalized spacial score (nSPS) is 14.9. The fourth-order valence-electron chi connectivity index (χ4n) is 2.90. The highest BCUT2D eigenvalue weighted by molar-refractivity contribution is 8.03. The predicted molar refractivity (Wildman–Crippen MR) is 97.3 cm³/mol. The van der Waals surface area contributed by atoms with Crippen molar-refractivity contribution >= 4 is 28.5 Å². The summed E-state index contributed by atoms with van der Waals surface area (Å²) in [4.78, 5) is 3.51. The van der Waals surface area contributed by atoms with Crippen LogP contribution in [0.4, 0.5) is 5.82 Å². The van der Waals surface area contributed by atoms with Crippen LogP contribution in [-0.2, 0) is 7.05 Å². The number of thioether (sulfide) groups is 1. The number of rotatable bonds is 4. The first kappa shape index (κ1) is 15.2. The number of hydrogen-bond donors (Lipinski definition) is 0. The van der Waals surface area contributed by atoms with Gasteiger partial charge < -0.3 is 14.1 Å². The van der Waals surface area contributed by atoms with Crippen molar-refractivity contribution in [1.82, 2.24) is 9.78 Å². The average Bonchev–Trinajstić information content (AvgIpc) is 3.23. The van der Waals surface area contributed by atoms with Crippen molar-refractivity contribution in [3.8, 4) is 5.75 Å². The van der Waals surface area contributed by atoms with Gasteiger partial charge in [0.2, 0.25) is 0 Å². The lowest BCUT2D eigenvalue weighted by atomic mass is 10.2. The highest BCUT2D eigenvalue weighted by Crippen LogP contribution is 2.35. The van der Waals surface area contributed by atoms with Crippen LogP contribution in [0.15, 0.2) is 51.5 Å². The zero-order chi connectivity index (χ0) is 16.7. The van der Waals surface area contributed by atoms with Crippen LogP contribution in [0.5, 0.6) is 5.75 Å². The SMILES string of the molecule is CC1=C(COc2ccc3oc(C)cc3c2)SCN1c1ccnn1C. The molecule has 5 nitrogen and oxygen atoms in total. The molecule has 0 atom stereocenters. The molecule has 1 aliphatic heterocycles. The molecule has 0 unspecified atom stereocenters. The lowest BCUT2D eigenvalue weighted by Gasteiger charge is -2.18. The van der Waals surface area contributed by atoms with Gasteiger partial charge in [-0.1, -0.05) is 0 Å². The van der Waals surface area contributed by atoms with Gasteiger partial charge in [0, 0.05) is 29.1 Å². The minimum atomic E-state index is 0.577. The molecular weight excluding hydrogens is 322 g/mol. The van der Waals surface area contributed by atoms with Crippen molar-refractivity contribution in [2.75, 3.05) is 17.4 Å². The lowest BCUT2D eigenvalue weighted by molar-refractivity contribution is 0.359. The summed E-state index contributed by atoms with van der Waals surface area (Å²) in [7, 11) is 1.96. The number of aromatic nitrogens is 2. The van der Waals surface area contributed by atoms with Crippen molar-refractivity contribution in [1.29, 1.82) is 0 Å². The summed E-state index contributed by atoms with van der Waals surface area (Å²) < 4.78 is 13.5. The molecule has 4 rings (SSSR count). The van der Waals surface area contributed by atoms with E-state index in [-0.39, 0.29) is 0 Å². The molecule has 6 heteroatoms. The maximum Gasteiger partial charge on any atom is 0.134 e. The first-order chi connectivity index (χ1) is 11.6. The second kappa shape index (κ2) is 5.94. The molecule has 24 heavy (non-hydrogen) atoms. The molecule has 1 aromatic carbocycles. The van der Waals surface area contributed by atoms with E-state index in [2.05, 4.69) is 16.9 Å². The fourth-order valence-corrected chi connectivity index (χ4v) is 3.98. The minimum absolute atomic E-state index is 0.577. The van der Waals surface area contributed by atoms with Gasteiger partial charge in [0.05, 0.1) is 12.1 Å². The monoisotopic (exact) mass is 341 g/mol. The quantitative estimate of drug-likeness (QED) is 0.708. The number of allylic oxidation sites excluding steroid dienone is 1. The summed E-state index contributed by atoms with van der Waals surface area (Å²) in [5, 5.41) is 5.32. The number of anilines is 1. The van der Waals surface area contributed by atoms with Crippen LogP contribution in [0.2, 0.25) is 0 Å². The molecule has 0 saturated carbocycles. The lowest BCUT2D eigenvalue weighted by Crippen LogP contribution is -2.19. The Morgan fingerprint density at radius 2 is 2.12 bits per heavy atom. The predicted octanol–water partition coefficient (Wildman–Crippen LogP) is 4.30. The first-order valence-corrected chi connectivity index (χ1v) is 8.81. The third-order valence-corrected chi connectivity index (χ3v) is 5.38. The number of ether oxygens (including phenoxy) is 1. The molecule has 0 N–H and O–H groups in total. The van der Waals surface area contributed by atoms with E-state index in [0.717, 1.165) is 34.2 Å². The summed E-state index contributed by atoms with van der Waals surface area (Å²) in [6.07, 6.45) is 1.82. The van der Waals surface area contributed by atoms with Crippen LogP contribution in [0, 0.1) is 6.92 Å². The van der Waals surface area contributed by atoms with E-state index in [1.165, 1.54) is 10.6 Å². The molecule has 124 valence electrons. The van der Waals surface area contributed by atoms with E-state index < -0.39 is 0 Å². The van der Waals surface area contributed by atoms with Gasteiger partial charge >= 0.3 is 0 Å². The standard InChI is InChI=1S/C18H19N3O2S/c1-12-8-14-9-15(4-5-16(14)23-12)22-10-17-13(2)21(11-24-17)18-6-7-19-20(18)3/h4-9H,10-11H2,1-3H3. The third-order valence-electron chi connectivity index (χ3n) is 4.23. The van der Waals surface area contributed by atoms with E-state index in [4.69, 9.17) is 9.15 Å². The average molecular weight is 341 g/mol. The largest absolute Gasteiger partial charge is 0.488 e. The Morgan fingerprint density at radius 3 is 2.92 bits per heavy atom. The highest BCUT2D eigenvalue weighted by atomic mass is 32.2. The number of nitrogens with zero attached hydrogens (tertiary/aromatic N) is 3. The second-order valence-electron chi connectivity index (χ2n) is 5.87. The summed E-state index contributed by atoms with van der Waals surface area (Å²) in [5.41, 5.74) is 2.12. The maximum atomic E-state index is 6.00. The Bertz CT molecular complexity index is 925. The van der Waals surface area contributed by atoms with Gasteiger partial charge in [0.1, 0.15) is 29.5 Å². The van der Waals surface area contributed by atoms with E-state index >= 15 is 0 Å². The van der Waals surface area contributed by atoms with E-state index in [1.807, 2.05) is 66.9 Å². The smallest absolute Gasteiger partial charge is 0.134 e. The fraction of sp³-hybridized carbons (Fsp3) is 0.278. The van der Waals surface area contributed by atoms with Crippen molar-refractivity contribution in [3.63, 3.8) is 0 Å². The van der Waals surface area contributed by atoms with Crippen LogP contribution >= 0.6 is 11.8 Å². The van der Waals surface area contributed by atoms with Crippen LogP contribution in [0.25, 0.3) is 11.0 Å². The van der Waals surface area contributed by atoms with Crippen molar-refractivity contribution in [2.24, 2.45) is 7.05 Å². The molecule has 2 aromatic heterocycles. The van der Waals surface area contributed by atoms with E-state index in [0.29, 0.717) is 6.61 Å². The molecule has 3 heterocycles. The van der Waals surface area contributed by atoms with Crippen LogP contribution in [0.3, 0.4) is 0 Å². The molecule has 0 fully saturated rings. The first-order valence-electron chi connectivity index (χ1n) is 7.83. The molecule has 0 amide bonds. The van der Waals surface area contributed by atoms with Gasteiger partial charge in [-0.3, -0.25) is 4.68 Å². The van der Waals surface area contributed by atoms with Crippen LogP contribution in [-0.4, -0.2) is 22.3 Å². The molecule has 0 saturated heterocycles. The minimum Gasteiger partial charge on any atom is -0.488 e. The Labute approximate surface area is 144 Å². The Morgan fingerprint density at radius 1 is 1.25 bits per heavy atom. The Kier molecular flexibility index (Phi) is 3.76. The molecule has 0 bridgehead atoms. The van der Waals surface area contributed by atoms with E-state index in [9.17, 15) is 0 Å². The van der Waals surface area contributed by atoms with Gasteiger partial charge in [-0.15, -0.1) is 11.8 Å². The van der Waals surface area contributed by atoms with Gasteiger partial charge in [0.15, 0.2) is 0 Å². The van der Waals surface area contributed by atoms with Crippen LogP contribution in [0.1, 0.15) is 12.7 Å². The summed E-state index contributed by atoms with van der Waals surface area (Å²) in [6, 6.07) is 10.0. The zero-order valence-corrected chi connectivity index (χ0v) is 14.8. The number of furan rings is 1. The van der Waals surface area contributed by atoms with Crippen LogP contribution < -0.4 is 9.64 Å². The Hall–Kier alpha value is -2.34. The van der Waals surface area contributed by atoms with Gasteiger partial charge in [-0.25, -0.2) is 0 Å². The number of fused-ring (bicyclic) bond motifs is 1. The van der Waals surface area contributed by atoms with Gasteiger partial charge in [-0.05, 0) is 38.1 Å². The molecule has 0 aliphatic carbocycles. The molecule has 0 spiro atoms. The topological polar surface area (TPSA) is 43.4 Å². The number of hydrogen-bond acceptors (Lipinski definition) is 5. The van der Waals surface area contributed by atoms with Gasteiger partial charge in [0.25, 0.3) is 0 Å². The Balaban J connectivity index is 1.50. The maximum absolute atomic E-state index is 6.00. The third kappa shape index (κ3) is 2.67. The number of aryl methyl sites for hydroxylation is 2. The highest BCUT2D eigenvalue weighted by Gasteiger charge is 2.23. The summed E-state index contributed by atoms with van der Waals surface area (Å²) >= 11 is 1.81. The summed E-state index contributed by atoms with van der Waals surface area (Å²) in [5.74, 6) is 3.77. The molecule has 0 radical (unpaired) electrons. The van der Waals surface area contributed by atoms with Crippen molar-refractivity contribution in [2.45, 2.75) is 13.8 Å². The molecule has 3 aromatic rings. The van der Waals surface area contributed by atoms with Gasteiger partial charge in [-0.2, -0.15) is 5.10 Å². The number of benzene rings is 1. The zero-order valence-electron chi connectivity index (χ0n) is 13.9. The molecule has 1 aliphatic rings. The van der Waals surface area contributed by atoms with Crippen molar-refractivity contribution in [3.05, 3.63) is 52.9 Å². The van der Waals surface area contributed by atoms with Crippen molar-refractivity contribution < 1.29 is 9.15 Å². The second-order valence-corrected chi connectivity index (χ2v) is 6.91.